The van der Waals surface area contributed by atoms with Crippen molar-refractivity contribution in [2.45, 2.75) is 31.7 Å². The minimum Gasteiger partial charge on any atom is -0.366 e. The van der Waals surface area contributed by atoms with Crippen LogP contribution in [0, 0.1) is 0 Å². The summed E-state index contributed by atoms with van der Waals surface area (Å²) in [5.74, 6) is -0.0932. The first kappa shape index (κ1) is 15.7. The molecule has 1 aliphatic rings. The second kappa shape index (κ2) is 6.39. The highest BCUT2D eigenvalue weighted by molar-refractivity contribution is 7.88. The highest BCUT2D eigenvalue weighted by atomic mass is 32.2. The van der Waals surface area contributed by atoms with E-state index >= 15 is 0 Å². The van der Waals surface area contributed by atoms with Crippen LogP contribution in [0.2, 0.25) is 0 Å². The number of aromatic amines is 1. The summed E-state index contributed by atoms with van der Waals surface area (Å²) in [4.78, 5) is 17.9. The summed E-state index contributed by atoms with van der Waals surface area (Å²) in [6.45, 7) is 0.939. The number of carbonyl (C=O) groups is 1. The lowest BCUT2D eigenvalue weighted by molar-refractivity contribution is 0.0592. The third kappa shape index (κ3) is 4.39. The molecule has 1 aromatic rings. The van der Waals surface area contributed by atoms with Gasteiger partial charge in [0.1, 0.15) is 0 Å². The van der Waals surface area contributed by atoms with E-state index in [1.54, 1.807) is 4.90 Å². The number of amides is 1. The summed E-state index contributed by atoms with van der Waals surface area (Å²) < 4.78 is 24.6. The van der Waals surface area contributed by atoms with Crippen molar-refractivity contribution in [1.29, 1.82) is 0 Å². The van der Waals surface area contributed by atoms with Crippen molar-refractivity contribution in [1.82, 2.24) is 24.8 Å². The number of nitrogen functional groups attached to an aromatic ring is 1. The number of likely N-dealkylation sites (tertiary alicyclic amines) is 1. The van der Waals surface area contributed by atoms with Crippen molar-refractivity contribution in [3.63, 3.8) is 0 Å². The van der Waals surface area contributed by atoms with E-state index in [0.29, 0.717) is 19.5 Å². The van der Waals surface area contributed by atoms with E-state index in [0.717, 1.165) is 25.5 Å². The number of hydrogen-bond donors (Lipinski definition) is 3. The Hall–Kier alpha value is -1.68. The fraction of sp³-hybridized carbons (Fsp3) is 0.727. The summed E-state index contributed by atoms with van der Waals surface area (Å²) in [5, 5.41) is 6.17. The van der Waals surface area contributed by atoms with Gasteiger partial charge >= 0.3 is 0 Å². The van der Waals surface area contributed by atoms with Crippen LogP contribution < -0.4 is 10.5 Å². The van der Waals surface area contributed by atoms with Gasteiger partial charge in [0.05, 0.1) is 6.26 Å². The van der Waals surface area contributed by atoms with Gasteiger partial charge in [-0.3, -0.25) is 9.89 Å². The van der Waals surface area contributed by atoms with Crippen LogP contribution in [0.3, 0.4) is 0 Å². The molecular weight excluding hydrogens is 296 g/mol. The fourth-order valence-corrected chi connectivity index (χ4v) is 2.97. The van der Waals surface area contributed by atoms with Crippen molar-refractivity contribution in [3.8, 4) is 0 Å². The Morgan fingerprint density at radius 2 is 2.29 bits per heavy atom. The van der Waals surface area contributed by atoms with Gasteiger partial charge in [-0.15, -0.1) is 5.10 Å². The molecule has 0 aromatic carbocycles. The normalized spacial score (nSPS) is 19.7. The molecule has 2 rings (SSSR count). The molecule has 1 saturated heterocycles. The Balaban J connectivity index is 1.99. The van der Waals surface area contributed by atoms with Crippen LogP contribution in [-0.2, 0) is 10.0 Å². The van der Waals surface area contributed by atoms with E-state index < -0.39 is 10.0 Å². The number of nitrogens with one attached hydrogen (secondary N) is 2. The van der Waals surface area contributed by atoms with Crippen LogP contribution >= 0.6 is 0 Å². The quantitative estimate of drug-likeness (QED) is 0.659. The minimum atomic E-state index is -3.21. The minimum absolute atomic E-state index is 0.00757. The van der Waals surface area contributed by atoms with Crippen LogP contribution in [0.1, 0.15) is 36.3 Å². The van der Waals surface area contributed by atoms with Gasteiger partial charge in [-0.05, 0) is 25.7 Å². The predicted octanol–water partition coefficient (Wildman–Crippen LogP) is -0.679. The first-order chi connectivity index (χ1) is 9.87. The van der Waals surface area contributed by atoms with E-state index in [2.05, 4.69) is 19.9 Å². The van der Waals surface area contributed by atoms with Gasteiger partial charge in [0.15, 0.2) is 0 Å². The number of aromatic nitrogens is 3. The molecule has 118 valence electrons. The van der Waals surface area contributed by atoms with E-state index in [1.807, 2.05) is 0 Å². The maximum Gasteiger partial charge on any atom is 0.291 e. The number of anilines is 1. The van der Waals surface area contributed by atoms with Gasteiger partial charge < -0.3 is 10.6 Å². The van der Waals surface area contributed by atoms with Gasteiger partial charge in [0.2, 0.25) is 21.8 Å². The Bertz CT molecular complexity index is 599. The smallest absolute Gasteiger partial charge is 0.291 e. The number of nitrogens with zero attached hydrogens (tertiary/aromatic N) is 3. The summed E-state index contributed by atoms with van der Waals surface area (Å²) >= 11 is 0. The molecule has 0 aliphatic carbocycles. The Morgan fingerprint density at radius 1 is 1.52 bits per heavy atom. The summed E-state index contributed by atoms with van der Waals surface area (Å²) in [6, 6.07) is -0.00757. The van der Waals surface area contributed by atoms with Gasteiger partial charge in [-0.25, -0.2) is 13.1 Å². The Labute approximate surface area is 123 Å². The largest absolute Gasteiger partial charge is 0.366 e. The predicted molar refractivity (Wildman–Crippen MR) is 76.9 cm³/mol. The lowest BCUT2D eigenvalue weighted by atomic mass is 9.99. The van der Waals surface area contributed by atoms with Crippen LogP contribution in [0.5, 0.6) is 0 Å². The maximum atomic E-state index is 12.4. The topological polar surface area (TPSA) is 134 Å². The van der Waals surface area contributed by atoms with Crippen molar-refractivity contribution in [3.05, 3.63) is 5.82 Å². The fourth-order valence-electron chi connectivity index (χ4n) is 2.49. The van der Waals surface area contributed by atoms with Crippen molar-refractivity contribution >= 4 is 21.9 Å². The number of rotatable bonds is 5. The van der Waals surface area contributed by atoms with Crippen LogP contribution in [0.15, 0.2) is 0 Å². The number of hydrogen-bond acceptors (Lipinski definition) is 6. The molecule has 1 aliphatic heterocycles. The average molecular weight is 316 g/mol. The molecule has 0 radical (unpaired) electrons. The summed E-state index contributed by atoms with van der Waals surface area (Å²) in [7, 11) is -3.21. The third-order valence-corrected chi connectivity index (χ3v) is 4.16. The van der Waals surface area contributed by atoms with Crippen LogP contribution in [-0.4, -0.2) is 59.8 Å². The van der Waals surface area contributed by atoms with E-state index in [4.69, 9.17) is 5.73 Å². The van der Waals surface area contributed by atoms with Gasteiger partial charge in [0.25, 0.3) is 5.91 Å². The Morgan fingerprint density at radius 3 is 2.90 bits per heavy atom. The number of nitrogens with two attached hydrogens (primary N) is 1. The monoisotopic (exact) mass is 316 g/mol. The number of sulfonamides is 1. The van der Waals surface area contributed by atoms with Crippen molar-refractivity contribution in [2.75, 3.05) is 25.1 Å². The molecule has 1 fully saturated rings. The van der Waals surface area contributed by atoms with Crippen LogP contribution in [0.4, 0.5) is 5.95 Å². The highest BCUT2D eigenvalue weighted by Gasteiger charge is 2.29. The first-order valence-corrected chi connectivity index (χ1v) is 8.69. The van der Waals surface area contributed by atoms with Crippen LogP contribution in [0.25, 0.3) is 0 Å². The lowest BCUT2D eigenvalue weighted by Gasteiger charge is -2.35. The molecular formula is C11H20N6O3S. The summed E-state index contributed by atoms with van der Waals surface area (Å²) in [5.41, 5.74) is 5.41. The molecule has 9 nitrogen and oxygen atoms in total. The molecule has 0 spiro atoms. The third-order valence-electron chi connectivity index (χ3n) is 3.44. The summed E-state index contributed by atoms with van der Waals surface area (Å²) in [6.07, 6.45) is 4.48. The van der Waals surface area contributed by atoms with Gasteiger partial charge in [0, 0.05) is 19.1 Å². The molecule has 4 N–H and O–H groups in total. The molecule has 0 bridgehead atoms. The molecule has 1 unspecified atom stereocenters. The zero-order valence-corrected chi connectivity index (χ0v) is 12.7. The molecule has 0 saturated carbocycles. The van der Waals surface area contributed by atoms with E-state index in [1.165, 1.54) is 0 Å². The molecule has 2 heterocycles. The Kier molecular flexibility index (Phi) is 4.78. The van der Waals surface area contributed by atoms with Crippen molar-refractivity contribution in [2.24, 2.45) is 0 Å². The standard InChI is InChI=1S/C11H20N6O3S/c1-21(19,20)13-6-5-8-4-2-3-7-17(8)10(18)9-14-11(12)16-15-9/h8,13H,2-7H2,1H3,(H3,12,14,15,16). The molecule has 1 amide bonds. The maximum absolute atomic E-state index is 12.4. The molecule has 10 heteroatoms. The molecule has 1 atom stereocenters. The van der Waals surface area contributed by atoms with E-state index in [9.17, 15) is 13.2 Å². The zero-order valence-electron chi connectivity index (χ0n) is 11.9. The van der Waals surface area contributed by atoms with E-state index in [-0.39, 0.29) is 23.7 Å². The number of H-pyrrole nitrogens is 1. The zero-order chi connectivity index (χ0) is 15.5. The van der Waals surface area contributed by atoms with Crippen molar-refractivity contribution < 1.29 is 13.2 Å². The second-order valence-electron chi connectivity index (χ2n) is 5.15. The highest BCUT2D eigenvalue weighted by Crippen LogP contribution is 2.21. The lowest BCUT2D eigenvalue weighted by Crippen LogP contribution is -2.45. The molecule has 1 aromatic heterocycles. The van der Waals surface area contributed by atoms with Gasteiger partial charge in [-0.2, -0.15) is 4.98 Å². The molecule has 21 heavy (non-hydrogen) atoms. The first-order valence-electron chi connectivity index (χ1n) is 6.80. The number of carbonyl (C=O) groups excluding carboxylic acids is 1. The average Bonchev–Trinajstić information content (AvgIpc) is 2.84. The second-order valence-corrected chi connectivity index (χ2v) is 6.98. The van der Waals surface area contributed by atoms with Gasteiger partial charge in [-0.1, -0.05) is 0 Å². The number of piperidine rings is 1. The SMILES string of the molecule is CS(=O)(=O)NCCC1CCCCN1C(=O)c1nc(N)n[nH]1.